The number of aromatic nitrogens is 5. The second kappa shape index (κ2) is 7.57. The van der Waals surface area contributed by atoms with E-state index in [0.29, 0.717) is 0 Å². The van der Waals surface area contributed by atoms with Crippen LogP contribution in [0.5, 0.6) is 0 Å². The summed E-state index contributed by atoms with van der Waals surface area (Å²) in [6.45, 7) is 1.91. The minimum absolute atomic E-state index is 0.00133. The molecular weight excluding hydrogens is 372 g/mol. The minimum atomic E-state index is -1.74. The van der Waals surface area contributed by atoms with Crippen LogP contribution in [0.2, 0.25) is 0 Å². The van der Waals surface area contributed by atoms with Gasteiger partial charge >= 0.3 is 17.6 Å². The van der Waals surface area contributed by atoms with E-state index in [1.54, 1.807) is 0 Å². The quantitative estimate of drug-likeness (QED) is 0.613. The first-order chi connectivity index (χ1) is 13.3. The first kappa shape index (κ1) is 19.2. The van der Waals surface area contributed by atoms with Gasteiger partial charge in [-0.25, -0.2) is 14.5 Å². The summed E-state index contributed by atoms with van der Waals surface area (Å²) in [6, 6.07) is 3.42. The molecule has 0 saturated carbocycles. The smallest absolute Gasteiger partial charge is 0.351 e. The summed E-state index contributed by atoms with van der Waals surface area (Å²) >= 11 is 0. The van der Waals surface area contributed by atoms with Gasteiger partial charge in [-0.3, -0.25) is 14.2 Å². The van der Waals surface area contributed by atoms with Crippen LogP contribution in [-0.4, -0.2) is 54.6 Å². The molecule has 1 saturated heterocycles. The molecule has 0 aliphatic carbocycles. The number of carbonyl (C=O) groups excluding carboxylic acids is 2. The van der Waals surface area contributed by atoms with Crippen molar-refractivity contribution in [2.75, 3.05) is 6.61 Å². The van der Waals surface area contributed by atoms with Crippen LogP contribution in [0.4, 0.5) is 0 Å². The van der Waals surface area contributed by atoms with Crippen LogP contribution >= 0.6 is 0 Å². The lowest BCUT2D eigenvalue weighted by Crippen LogP contribution is -2.45. The van der Waals surface area contributed by atoms with E-state index in [0.717, 1.165) is 4.57 Å². The van der Waals surface area contributed by atoms with Crippen molar-refractivity contribution in [2.24, 2.45) is 0 Å². The van der Waals surface area contributed by atoms with Gasteiger partial charge in [0.25, 0.3) is 0 Å². The average Bonchev–Trinajstić information content (AvgIpc) is 3.28. The van der Waals surface area contributed by atoms with E-state index >= 15 is 0 Å². The summed E-state index contributed by atoms with van der Waals surface area (Å²) in [7, 11) is 0. The van der Waals surface area contributed by atoms with Crippen LogP contribution in [0.1, 0.15) is 26.5 Å². The van der Waals surface area contributed by atoms with E-state index in [1.165, 1.54) is 43.4 Å². The molecule has 1 aliphatic heterocycles. The number of ether oxygens (including phenoxy) is 3. The largest absolute Gasteiger partial charge is 0.461 e. The maximum absolute atomic E-state index is 12.5. The summed E-state index contributed by atoms with van der Waals surface area (Å²) in [6.07, 6.45) is 2.10. The molecule has 0 radical (unpaired) electrons. The van der Waals surface area contributed by atoms with Gasteiger partial charge in [0.1, 0.15) is 31.6 Å². The first-order valence-electron chi connectivity index (χ1n) is 8.18. The molecule has 0 bridgehead atoms. The maximum atomic E-state index is 12.5. The monoisotopic (exact) mass is 388 g/mol. The molecule has 28 heavy (non-hydrogen) atoms. The van der Waals surface area contributed by atoms with Gasteiger partial charge in [0.2, 0.25) is 5.60 Å². The molecule has 0 amide bonds. The molecule has 3 heterocycles. The minimum Gasteiger partial charge on any atom is -0.461 e. The standard InChI is InChI=1S/C16H16N6O6/c1-10(23)26-7-16(6-17)12(27-11(2)24)5-14(28-16)21-4-3-13(20-15(21)25)22-9-18-8-19-22/h3-4,8-9,12,14H,5,7H2,1-2H3/t12-,14-,16+/m0/s1. The van der Waals surface area contributed by atoms with Gasteiger partial charge in [-0.15, -0.1) is 0 Å². The van der Waals surface area contributed by atoms with Crippen molar-refractivity contribution in [3.63, 3.8) is 0 Å². The zero-order valence-corrected chi connectivity index (χ0v) is 15.0. The third-order valence-electron chi connectivity index (χ3n) is 4.05. The molecule has 2 aromatic heterocycles. The van der Waals surface area contributed by atoms with Gasteiger partial charge in [-0.2, -0.15) is 15.3 Å². The maximum Gasteiger partial charge on any atom is 0.351 e. The number of rotatable bonds is 5. The van der Waals surface area contributed by atoms with Crippen molar-refractivity contribution < 1.29 is 23.8 Å². The average molecular weight is 388 g/mol. The molecule has 146 valence electrons. The second-order valence-electron chi connectivity index (χ2n) is 6.00. The third kappa shape index (κ3) is 3.74. The lowest BCUT2D eigenvalue weighted by atomic mass is 9.99. The van der Waals surface area contributed by atoms with Gasteiger partial charge in [0.15, 0.2) is 11.9 Å². The third-order valence-corrected chi connectivity index (χ3v) is 4.05. The van der Waals surface area contributed by atoms with Crippen molar-refractivity contribution in [1.29, 1.82) is 5.26 Å². The van der Waals surface area contributed by atoms with Crippen LogP contribution < -0.4 is 5.69 Å². The lowest BCUT2D eigenvalue weighted by Gasteiger charge is -2.26. The highest BCUT2D eigenvalue weighted by Crippen LogP contribution is 2.38. The Morgan fingerprint density at radius 3 is 2.79 bits per heavy atom. The van der Waals surface area contributed by atoms with Crippen molar-refractivity contribution in [3.8, 4) is 11.9 Å². The van der Waals surface area contributed by atoms with Crippen molar-refractivity contribution in [3.05, 3.63) is 35.4 Å². The normalized spacial score (nSPS) is 23.8. The molecule has 3 atom stereocenters. The Kier molecular flexibility index (Phi) is 5.18. The Hall–Kier alpha value is -3.59. The highest BCUT2D eigenvalue weighted by atomic mass is 16.6. The Labute approximate surface area is 158 Å². The Morgan fingerprint density at radius 1 is 1.43 bits per heavy atom. The van der Waals surface area contributed by atoms with E-state index in [4.69, 9.17) is 14.2 Å². The highest BCUT2D eigenvalue weighted by Gasteiger charge is 2.53. The zero-order valence-electron chi connectivity index (χ0n) is 15.0. The van der Waals surface area contributed by atoms with Gasteiger partial charge in [0.05, 0.1) is 0 Å². The predicted molar refractivity (Wildman–Crippen MR) is 88.7 cm³/mol. The Morgan fingerprint density at radius 2 is 2.21 bits per heavy atom. The number of hydrogen-bond donors (Lipinski definition) is 0. The van der Waals surface area contributed by atoms with E-state index in [2.05, 4.69) is 15.1 Å². The fourth-order valence-electron chi connectivity index (χ4n) is 2.80. The van der Waals surface area contributed by atoms with Gasteiger partial charge in [-0.05, 0) is 6.07 Å². The molecule has 2 aromatic rings. The number of nitriles is 1. The Balaban J connectivity index is 1.90. The van der Waals surface area contributed by atoms with E-state index in [1.807, 2.05) is 6.07 Å². The SMILES string of the molecule is CC(=O)OC[C@@]1(C#N)O[C@H](n2ccc(-n3cncn3)nc2=O)C[C@@H]1OC(C)=O. The molecule has 0 spiro atoms. The van der Waals surface area contributed by atoms with Gasteiger partial charge in [0, 0.05) is 26.5 Å². The van der Waals surface area contributed by atoms with E-state index in [-0.39, 0.29) is 12.2 Å². The molecule has 0 unspecified atom stereocenters. The summed E-state index contributed by atoms with van der Waals surface area (Å²) in [5.74, 6) is -1.01. The summed E-state index contributed by atoms with van der Waals surface area (Å²) in [4.78, 5) is 42.7. The summed E-state index contributed by atoms with van der Waals surface area (Å²) in [5, 5.41) is 13.5. The van der Waals surface area contributed by atoms with Crippen LogP contribution in [-0.2, 0) is 23.8 Å². The summed E-state index contributed by atoms with van der Waals surface area (Å²) < 4.78 is 18.3. The van der Waals surface area contributed by atoms with Crippen LogP contribution in [0.15, 0.2) is 29.7 Å². The van der Waals surface area contributed by atoms with Gasteiger partial charge < -0.3 is 14.2 Å². The molecule has 1 fully saturated rings. The molecule has 0 aromatic carbocycles. The topological polar surface area (TPSA) is 151 Å². The fourth-order valence-corrected chi connectivity index (χ4v) is 2.80. The second-order valence-corrected chi connectivity index (χ2v) is 6.00. The molecule has 0 N–H and O–H groups in total. The molecule has 12 heteroatoms. The predicted octanol–water partition coefficient (Wildman–Crippen LogP) is -0.500. The number of esters is 2. The lowest BCUT2D eigenvalue weighted by molar-refractivity contribution is -0.164. The van der Waals surface area contributed by atoms with E-state index in [9.17, 15) is 19.6 Å². The van der Waals surface area contributed by atoms with Crippen molar-refractivity contribution >= 4 is 11.9 Å². The van der Waals surface area contributed by atoms with Crippen LogP contribution in [0.25, 0.3) is 5.82 Å². The number of hydrogen-bond acceptors (Lipinski definition) is 10. The zero-order chi connectivity index (χ0) is 20.3. The van der Waals surface area contributed by atoms with Crippen molar-refractivity contribution in [2.45, 2.75) is 38.2 Å². The van der Waals surface area contributed by atoms with Crippen LogP contribution in [0.3, 0.4) is 0 Å². The fraction of sp³-hybridized carbons (Fsp3) is 0.438. The highest BCUT2D eigenvalue weighted by molar-refractivity contribution is 5.67. The number of nitrogens with zero attached hydrogens (tertiary/aromatic N) is 6. The van der Waals surface area contributed by atoms with Gasteiger partial charge in [-0.1, -0.05) is 0 Å². The van der Waals surface area contributed by atoms with Crippen molar-refractivity contribution in [1.82, 2.24) is 24.3 Å². The Bertz CT molecular complexity index is 980. The molecule has 3 rings (SSSR count). The molecular formula is C16H16N6O6. The molecule has 1 aliphatic rings. The van der Waals surface area contributed by atoms with Crippen LogP contribution in [0, 0.1) is 11.3 Å². The summed E-state index contributed by atoms with van der Waals surface area (Å²) in [5.41, 5.74) is -2.41. The molecule has 12 nitrogen and oxygen atoms in total. The first-order valence-corrected chi connectivity index (χ1v) is 8.18. The van der Waals surface area contributed by atoms with E-state index < -0.39 is 42.2 Å². The number of carbonyl (C=O) groups is 2.